The number of aryl methyl sites for hydroxylation is 1. The van der Waals surface area contributed by atoms with E-state index in [1.54, 1.807) is 0 Å². The first-order chi connectivity index (χ1) is 6.24. The van der Waals surface area contributed by atoms with Crippen molar-refractivity contribution in [2.45, 2.75) is 18.9 Å². The first kappa shape index (κ1) is 10.6. The molecular weight excluding hydrogens is 182 g/mol. The fraction of sp³-hybridized carbons (Fsp3) is 0.667. The van der Waals surface area contributed by atoms with E-state index in [4.69, 9.17) is 5.73 Å². The van der Waals surface area contributed by atoms with E-state index in [1.165, 1.54) is 0 Å². The van der Waals surface area contributed by atoms with E-state index >= 15 is 0 Å². The van der Waals surface area contributed by atoms with Gasteiger partial charge in [-0.2, -0.15) is 11.8 Å². The van der Waals surface area contributed by atoms with Crippen molar-refractivity contribution in [1.29, 1.82) is 0 Å². The zero-order valence-corrected chi connectivity index (χ0v) is 9.05. The number of thioether (sulfide) groups is 1. The Bertz CT molecular complexity index is 247. The second kappa shape index (κ2) is 5.29. The topological polar surface area (TPSA) is 43.8 Å². The fourth-order valence-corrected chi connectivity index (χ4v) is 1.74. The predicted molar refractivity (Wildman–Crippen MR) is 57.9 cm³/mol. The fourth-order valence-electron chi connectivity index (χ4n) is 1.20. The van der Waals surface area contributed by atoms with Crippen molar-refractivity contribution in [2.24, 2.45) is 12.8 Å². The summed E-state index contributed by atoms with van der Waals surface area (Å²) in [6, 6.07) is 0.244. The number of nitrogens with two attached hydrogens (primary N) is 1. The molecule has 0 saturated heterocycles. The maximum Gasteiger partial charge on any atom is 0.109 e. The number of rotatable bonds is 5. The normalized spacial score (nSPS) is 13.2. The number of aromatic nitrogens is 2. The second-order valence-electron chi connectivity index (χ2n) is 3.20. The summed E-state index contributed by atoms with van der Waals surface area (Å²) in [5.41, 5.74) is 5.95. The van der Waals surface area contributed by atoms with Gasteiger partial charge < -0.3 is 10.3 Å². The Morgan fingerprint density at radius 3 is 3.00 bits per heavy atom. The number of imidazole rings is 1. The molecule has 2 N–H and O–H groups in total. The lowest BCUT2D eigenvalue weighted by atomic mass is 10.1. The molecule has 0 spiro atoms. The highest BCUT2D eigenvalue weighted by Gasteiger charge is 2.06. The van der Waals surface area contributed by atoms with Crippen LogP contribution >= 0.6 is 11.8 Å². The molecular formula is C9H17N3S. The van der Waals surface area contributed by atoms with E-state index in [9.17, 15) is 0 Å². The molecule has 1 aromatic heterocycles. The van der Waals surface area contributed by atoms with E-state index in [2.05, 4.69) is 11.2 Å². The smallest absolute Gasteiger partial charge is 0.109 e. The van der Waals surface area contributed by atoms with Crippen LogP contribution in [-0.2, 0) is 13.5 Å². The van der Waals surface area contributed by atoms with Crippen molar-refractivity contribution in [1.82, 2.24) is 9.55 Å². The monoisotopic (exact) mass is 199 g/mol. The summed E-state index contributed by atoms with van der Waals surface area (Å²) < 4.78 is 2.03. The van der Waals surface area contributed by atoms with Gasteiger partial charge in [0.05, 0.1) is 0 Å². The van der Waals surface area contributed by atoms with Gasteiger partial charge in [-0.05, 0) is 18.4 Å². The third kappa shape index (κ3) is 3.40. The van der Waals surface area contributed by atoms with Crippen molar-refractivity contribution < 1.29 is 0 Å². The largest absolute Gasteiger partial charge is 0.338 e. The van der Waals surface area contributed by atoms with E-state index in [0.29, 0.717) is 0 Å². The van der Waals surface area contributed by atoms with Gasteiger partial charge in [0.15, 0.2) is 0 Å². The molecule has 0 aliphatic rings. The summed E-state index contributed by atoms with van der Waals surface area (Å²) in [7, 11) is 2.00. The molecule has 0 aliphatic heterocycles. The van der Waals surface area contributed by atoms with Crippen LogP contribution < -0.4 is 5.73 Å². The molecule has 1 aromatic rings. The van der Waals surface area contributed by atoms with Gasteiger partial charge in [0.1, 0.15) is 5.82 Å². The van der Waals surface area contributed by atoms with Gasteiger partial charge in [0.25, 0.3) is 0 Å². The summed E-state index contributed by atoms with van der Waals surface area (Å²) in [5.74, 6) is 2.21. The molecule has 0 aliphatic carbocycles. The van der Waals surface area contributed by atoms with Gasteiger partial charge in [-0.25, -0.2) is 4.98 Å². The molecule has 0 amide bonds. The lowest BCUT2D eigenvalue weighted by molar-refractivity contribution is 0.613. The second-order valence-corrected chi connectivity index (χ2v) is 4.19. The Kier molecular flexibility index (Phi) is 4.32. The third-order valence-electron chi connectivity index (χ3n) is 2.06. The highest BCUT2D eigenvalue weighted by atomic mass is 32.2. The number of nitrogens with zero attached hydrogens (tertiary/aromatic N) is 2. The minimum absolute atomic E-state index is 0.244. The minimum Gasteiger partial charge on any atom is -0.338 e. The van der Waals surface area contributed by atoms with E-state index in [0.717, 1.165) is 24.4 Å². The maximum atomic E-state index is 5.95. The predicted octanol–water partition coefficient (Wildman–Crippen LogP) is 1.04. The van der Waals surface area contributed by atoms with Crippen LogP contribution in [-0.4, -0.2) is 27.6 Å². The van der Waals surface area contributed by atoms with Gasteiger partial charge in [-0.15, -0.1) is 0 Å². The van der Waals surface area contributed by atoms with Crippen LogP contribution in [0, 0.1) is 0 Å². The molecule has 13 heavy (non-hydrogen) atoms. The average Bonchev–Trinajstić information content (AvgIpc) is 2.48. The first-order valence-electron chi connectivity index (χ1n) is 4.44. The Labute approximate surface area is 83.7 Å². The van der Waals surface area contributed by atoms with Crippen LogP contribution in [0.2, 0.25) is 0 Å². The molecule has 74 valence electrons. The average molecular weight is 199 g/mol. The molecule has 1 atom stereocenters. The van der Waals surface area contributed by atoms with Gasteiger partial charge in [0.2, 0.25) is 0 Å². The number of hydrogen-bond acceptors (Lipinski definition) is 3. The van der Waals surface area contributed by atoms with Crippen molar-refractivity contribution in [3.05, 3.63) is 18.2 Å². The van der Waals surface area contributed by atoms with Crippen molar-refractivity contribution in [3.8, 4) is 0 Å². The van der Waals surface area contributed by atoms with E-state index in [1.807, 2.05) is 35.8 Å². The highest BCUT2D eigenvalue weighted by molar-refractivity contribution is 7.98. The van der Waals surface area contributed by atoms with Gasteiger partial charge >= 0.3 is 0 Å². The van der Waals surface area contributed by atoms with E-state index in [-0.39, 0.29) is 6.04 Å². The first-order valence-corrected chi connectivity index (χ1v) is 5.84. The van der Waals surface area contributed by atoms with Crippen LogP contribution in [0.15, 0.2) is 12.4 Å². The van der Waals surface area contributed by atoms with E-state index < -0.39 is 0 Å². The summed E-state index contributed by atoms with van der Waals surface area (Å²) in [6.45, 7) is 0. The van der Waals surface area contributed by atoms with Gasteiger partial charge in [0, 0.05) is 31.9 Å². The summed E-state index contributed by atoms with van der Waals surface area (Å²) in [5, 5.41) is 0. The molecule has 0 bridgehead atoms. The molecule has 3 nitrogen and oxygen atoms in total. The summed E-state index contributed by atoms with van der Waals surface area (Å²) in [4.78, 5) is 4.24. The molecule has 0 aromatic carbocycles. The van der Waals surface area contributed by atoms with Gasteiger partial charge in [-0.1, -0.05) is 0 Å². The maximum absolute atomic E-state index is 5.95. The Balaban J connectivity index is 2.36. The molecule has 1 unspecified atom stereocenters. The minimum atomic E-state index is 0.244. The SMILES string of the molecule is CSCCC(N)Cc1nccn1C. The lowest BCUT2D eigenvalue weighted by Gasteiger charge is -2.09. The zero-order valence-electron chi connectivity index (χ0n) is 8.23. The van der Waals surface area contributed by atoms with Crippen LogP contribution in [0.25, 0.3) is 0 Å². The molecule has 1 rings (SSSR count). The standard InChI is InChI=1S/C9H17N3S/c1-12-5-4-11-9(12)7-8(10)3-6-13-2/h4-5,8H,3,6-7,10H2,1-2H3. The van der Waals surface area contributed by atoms with Gasteiger partial charge in [-0.3, -0.25) is 0 Å². The molecule has 4 heteroatoms. The molecule has 0 saturated carbocycles. The highest BCUT2D eigenvalue weighted by Crippen LogP contribution is 2.04. The molecule has 1 heterocycles. The summed E-state index contributed by atoms with van der Waals surface area (Å²) >= 11 is 1.84. The third-order valence-corrected chi connectivity index (χ3v) is 2.70. The van der Waals surface area contributed by atoms with Crippen LogP contribution in [0.5, 0.6) is 0 Å². The van der Waals surface area contributed by atoms with Crippen LogP contribution in [0.4, 0.5) is 0 Å². The molecule has 0 radical (unpaired) electrons. The quantitative estimate of drug-likeness (QED) is 0.770. The van der Waals surface area contributed by atoms with Crippen LogP contribution in [0.1, 0.15) is 12.2 Å². The Hall–Kier alpha value is -0.480. The van der Waals surface area contributed by atoms with Crippen molar-refractivity contribution >= 4 is 11.8 Å². The Morgan fingerprint density at radius 1 is 1.69 bits per heavy atom. The van der Waals surface area contributed by atoms with Crippen molar-refractivity contribution in [2.75, 3.05) is 12.0 Å². The lowest BCUT2D eigenvalue weighted by Crippen LogP contribution is -2.25. The number of hydrogen-bond donors (Lipinski definition) is 1. The van der Waals surface area contributed by atoms with Crippen molar-refractivity contribution in [3.63, 3.8) is 0 Å². The zero-order chi connectivity index (χ0) is 9.68. The molecule has 0 fully saturated rings. The summed E-state index contributed by atoms with van der Waals surface area (Å²) in [6.07, 6.45) is 7.82. The van der Waals surface area contributed by atoms with Crippen LogP contribution in [0.3, 0.4) is 0 Å². The Morgan fingerprint density at radius 2 is 2.46 bits per heavy atom.